The molecular weight excluding hydrogens is 242 g/mol. The maximum absolute atomic E-state index is 11.4. The number of nitrogens with one attached hydrogen (secondary N) is 2. The number of aromatic amines is 1. The summed E-state index contributed by atoms with van der Waals surface area (Å²) in [5.74, 6) is -0.345. The van der Waals surface area contributed by atoms with Gasteiger partial charge in [0, 0.05) is 5.39 Å². The second-order valence-electron chi connectivity index (χ2n) is 4.16. The van der Waals surface area contributed by atoms with Gasteiger partial charge in [0.05, 0.1) is 23.9 Å². The number of hydrogen-bond acceptors (Lipinski definition) is 4. The minimum Gasteiger partial charge on any atom is -0.465 e. The van der Waals surface area contributed by atoms with Crippen LogP contribution in [0.4, 0.5) is 0 Å². The van der Waals surface area contributed by atoms with Gasteiger partial charge in [0.1, 0.15) is 0 Å². The van der Waals surface area contributed by atoms with E-state index < -0.39 is 0 Å². The van der Waals surface area contributed by atoms with Crippen LogP contribution in [-0.4, -0.2) is 36.9 Å². The number of benzene rings is 1. The summed E-state index contributed by atoms with van der Waals surface area (Å²) in [6, 6.07) is 5.37. The van der Waals surface area contributed by atoms with Gasteiger partial charge in [0.2, 0.25) is 0 Å². The molecule has 1 aromatic heterocycles. The number of aromatic nitrogens is 2. The average Bonchev–Trinajstić information content (AvgIpc) is 2.85. The Morgan fingerprint density at radius 2 is 2.37 bits per heavy atom. The molecule has 1 aromatic carbocycles. The number of hydrogen-bond donors (Lipinski definition) is 2. The largest absolute Gasteiger partial charge is 0.465 e. The van der Waals surface area contributed by atoms with Crippen LogP contribution in [0.1, 0.15) is 22.5 Å². The molecule has 0 bridgehead atoms. The van der Waals surface area contributed by atoms with E-state index in [4.69, 9.17) is 0 Å². The van der Waals surface area contributed by atoms with Crippen LogP contribution in [0.5, 0.6) is 0 Å². The first-order valence-corrected chi connectivity index (χ1v) is 6.14. The molecule has 100 valence electrons. The van der Waals surface area contributed by atoms with Crippen molar-refractivity contribution in [3.8, 4) is 0 Å². The minimum absolute atomic E-state index is 0.345. The van der Waals surface area contributed by atoms with Crippen LogP contribution in [-0.2, 0) is 4.74 Å². The molecule has 0 unspecified atom stereocenters. The average molecular weight is 259 g/mol. The highest BCUT2D eigenvalue weighted by molar-refractivity contribution is 5.96. The fourth-order valence-electron chi connectivity index (χ4n) is 1.84. The maximum atomic E-state index is 11.4. The molecule has 19 heavy (non-hydrogen) atoms. The van der Waals surface area contributed by atoms with Crippen LogP contribution in [0.15, 0.2) is 24.3 Å². The zero-order valence-electron chi connectivity index (χ0n) is 11.1. The van der Waals surface area contributed by atoms with Crippen molar-refractivity contribution >= 4 is 22.9 Å². The number of carbonyl (C=O) groups excluding carboxylic acids is 1. The minimum atomic E-state index is -0.345. The summed E-state index contributed by atoms with van der Waals surface area (Å²) in [5.41, 5.74) is 2.23. The standard InChI is InChI=1S/C14H17N3O2/c1-15-8-4-3-5-12-11-7-6-10(14(18)19-2)9-13(11)17-16-12/h3,5-7,9,15H,4,8H2,1-2H3,(H,16,17). The van der Waals surface area contributed by atoms with Gasteiger partial charge in [-0.25, -0.2) is 4.79 Å². The molecule has 5 nitrogen and oxygen atoms in total. The Hall–Kier alpha value is -2.14. The zero-order chi connectivity index (χ0) is 13.7. The second-order valence-corrected chi connectivity index (χ2v) is 4.16. The molecule has 0 radical (unpaired) electrons. The molecule has 0 aliphatic carbocycles. The summed E-state index contributed by atoms with van der Waals surface area (Å²) in [5, 5.41) is 11.2. The number of esters is 1. The number of fused-ring (bicyclic) bond motifs is 1. The van der Waals surface area contributed by atoms with Crippen LogP contribution in [0.2, 0.25) is 0 Å². The lowest BCUT2D eigenvalue weighted by Crippen LogP contribution is -2.05. The fraction of sp³-hybridized carbons (Fsp3) is 0.286. The maximum Gasteiger partial charge on any atom is 0.337 e. The molecule has 0 saturated heterocycles. The number of ether oxygens (including phenoxy) is 1. The Kier molecular flexibility index (Phi) is 4.30. The van der Waals surface area contributed by atoms with Crippen molar-refractivity contribution in [2.24, 2.45) is 0 Å². The Morgan fingerprint density at radius 3 is 3.11 bits per heavy atom. The van der Waals surface area contributed by atoms with E-state index in [1.54, 1.807) is 12.1 Å². The van der Waals surface area contributed by atoms with E-state index in [9.17, 15) is 4.79 Å². The fourth-order valence-corrected chi connectivity index (χ4v) is 1.84. The van der Waals surface area contributed by atoms with Gasteiger partial charge in [-0.05, 0) is 44.3 Å². The van der Waals surface area contributed by atoms with Crippen molar-refractivity contribution in [2.75, 3.05) is 20.7 Å². The number of rotatable bonds is 5. The molecule has 2 aromatic rings. The van der Waals surface area contributed by atoms with Crippen LogP contribution < -0.4 is 5.32 Å². The van der Waals surface area contributed by atoms with Gasteiger partial charge >= 0.3 is 5.97 Å². The van der Waals surface area contributed by atoms with Crippen molar-refractivity contribution in [1.29, 1.82) is 0 Å². The van der Waals surface area contributed by atoms with Crippen molar-refractivity contribution in [3.05, 3.63) is 35.5 Å². The Labute approximate surface area is 111 Å². The molecule has 0 spiro atoms. The molecule has 0 atom stereocenters. The predicted molar refractivity (Wildman–Crippen MR) is 75.0 cm³/mol. The molecular formula is C14H17N3O2. The molecule has 0 aliphatic rings. The topological polar surface area (TPSA) is 67.0 Å². The number of carbonyl (C=O) groups is 1. The third-order valence-corrected chi connectivity index (χ3v) is 2.85. The van der Waals surface area contributed by atoms with Gasteiger partial charge in [-0.1, -0.05) is 6.08 Å². The van der Waals surface area contributed by atoms with E-state index in [-0.39, 0.29) is 5.97 Å². The summed E-state index contributed by atoms with van der Waals surface area (Å²) in [6.07, 6.45) is 5.00. The third kappa shape index (κ3) is 3.00. The normalized spacial score (nSPS) is 11.3. The lowest BCUT2D eigenvalue weighted by Gasteiger charge is -1.98. The molecule has 0 amide bonds. The molecule has 5 heteroatoms. The highest BCUT2D eigenvalue weighted by Gasteiger charge is 2.08. The van der Waals surface area contributed by atoms with Crippen molar-refractivity contribution in [2.45, 2.75) is 6.42 Å². The van der Waals surface area contributed by atoms with Crippen LogP contribution >= 0.6 is 0 Å². The van der Waals surface area contributed by atoms with Crippen molar-refractivity contribution in [3.63, 3.8) is 0 Å². The summed E-state index contributed by atoms with van der Waals surface area (Å²) >= 11 is 0. The molecule has 1 heterocycles. The van der Waals surface area contributed by atoms with Crippen LogP contribution in [0, 0.1) is 0 Å². The number of nitrogens with zero attached hydrogens (tertiary/aromatic N) is 1. The molecule has 0 fully saturated rings. The zero-order valence-corrected chi connectivity index (χ0v) is 11.1. The quantitative estimate of drug-likeness (QED) is 0.636. The molecule has 2 rings (SSSR count). The monoisotopic (exact) mass is 259 g/mol. The van der Waals surface area contributed by atoms with Crippen LogP contribution in [0.3, 0.4) is 0 Å². The summed E-state index contributed by atoms with van der Waals surface area (Å²) in [6.45, 7) is 0.936. The van der Waals surface area contributed by atoms with Gasteiger partial charge < -0.3 is 10.1 Å². The van der Waals surface area contributed by atoms with Gasteiger partial charge in [-0.3, -0.25) is 5.10 Å². The number of H-pyrrole nitrogens is 1. The lowest BCUT2D eigenvalue weighted by atomic mass is 10.1. The van der Waals surface area contributed by atoms with Gasteiger partial charge in [-0.15, -0.1) is 0 Å². The Bertz CT molecular complexity index is 602. The predicted octanol–water partition coefficient (Wildman–Crippen LogP) is 1.97. The van der Waals surface area contributed by atoms with Crippen LogP contribution in [0.25, 0.3) is 17.0 Å². The van der Waals surface area contributed by atoms with E-state index in [0.29, 0.717) is 5.56 Å². The smallest absolute Gasteiger partial charge is 0.337 e. The Balaban J connectivity index is 2.24. The Morgan fingerprint density at radius 1 is 1.53 bits per heavy atom. The molecule has 2 N–H and O–H groups in total. The van der Waals surface area contributed by atoms with Crippen molar-refractivity contribution < 1.29 is 9.53 Å². The van der Waals surface area contributed by atoms with E-state index in [1.807, 2.05) is 19.2 Å². The van der Waals surface area contributed by atoms with Crippen molar-refractivity contribution in [1.82, 2.24) is 15.5 Å². The van der Waals surface area contributed by atoms with E-state index >= 15 is 0 Å². The highest BCUT2D eigenvalue weighted by atomic mass is 16.5. The van der Waals surface area contributed by atoms with Gasteiger partial charge in [-0.2, -0.15) is 5.10 Å². The summed E-state index contributed by atoms with van der Waals surface area (Å²) in [7, 11) is 3.29. The van der Waals surface area contributed by atoms with E-state index in [1.165, 1.54) is 7.11 Å². The summed E-state index contributed by atoms with van der Waals surface area (Å²) < 4.78 is 4.69. The number of methoxy groups -OCH3 is 1. The van der Waals surface area contributed by atoms with Gasteiger partial charge in [0.25, 0.3) is 0 Å². The first-order valence-electron chi connectivity index (χ1n) is 6.14. The SMILES string of the molecule is CNCCC=Cc1n[nH]c2cc(C(=O)OC)ccc12. The third-order valence-electron chi connectivity index (χ3n) is 2.85. The lowest BCUT2D eigenvalue weighted by molar-refractivity contribution is 0.0601. The first kappa shape index (κ1) is 13.3. The van der Waals surface area contributed by atoms with Gasteiger partial charge in [0.15, 0.2) is 0 Å². The molecule has 0 aliphatic heterocycles. The first-order chi connectivity index (χ1) is 9.26. The van der Waals surface area contributed by atoms with E-state index in [2.05, 4.69) is 26.3 Å². The summed E-state index contributed by atoms with van der Waals surface area (Å²) in [4.78, 5) is 11.4. The second kappa shape index (κ2) is 6.15. The van der Waals surface area contributed by atoms with E-state index in [0.717, 1.165) is 29.6 Å². The molecule has 0 saturated carbocycles. The highest BCUT2D eigenvalue weighted by Crippen LogP contribution is 2.19.